The van der Waals surface area contributed by atoms with Crippen molar-refractivity contribution in [3.05, 3.63) is 35.9 Å². The molecule has 0 heterocycles. The molecule has 0 saturated heterocycles. The molecule has 3 nitrogen and oxygen atoms in total. The molecule has 0 amide bonds. The number of carbonyl (C=O) groups is 2. The van der Waals surface area contributed by atoms with Crippen LogP contribution in [0.1, 0.15) is 18.9 Å². The van der Waals surface area contributed by atoms with Crippen molar-refractivity contribution in [2.24, 2.45) is 11.8 Å². The fourth-order valence-electron chi connectivity index (χ4n) is 1.99. The average molecular weight is 232 g/mol. The molecule has 0 spiro atoms. The Bertz CT molecular complexity index is 411. The predicted octanol–water partition coefficient (Wildman–Crippen LogP) is 2.00. The zero-order chi connectivity index (χ0) is 12.3. The molecule has 90 valence electrons. The van der Waals surface area contributed by atoms with Gasteiger partial charge in [0.1, 0.15) is 5.78 Å². The first-order valence-corrected chi connectivity index (χ1v) is 5.95. The molecule has 1 aromatic carbocycles. The van der Waals surface area contributed by atoms with E-state index in [0.717, 1.165) is 5.56 Å². The highest BCUT2D eigenvalue weighted by atomic mass is 16.5. The molecule has 0 N–H and O–H groups in total. The van der Waals surface area contributed by atoms with E-state index in [2.05, 4.69) is 0 Å². The fraction of sp³-hybridized carbons (Fsp3) is 0.429. The van der Waals surface area contributed by atoms with Gasteiger partial charge in [0.15, 0.2) is 0 Å². The number of hydrogen-bond donors (Lipinski definition) is 0. The van der Waals surface area contributed by atoms with Crippen molar-refractivity contribution in [1.82, 2.24) is 0 Å². The van der Waals surface area contributed by atoms with Gasteiger partial charge in [-0.25, -0.2) is 0 Å². The number of benzene rings is 1. The van der Waals surface area contributed by atoms with Crippen molar-refractivity contribution in [1.29, 1.82) is 0 Å². The largest absolute Gasteiger partial charge is 0.466 e. The summed E-state index contributed by atoms with van der Waals surface area (Å²) in [6, 6.07) is 9.61. The van der Waals surface area contributed by atoms with Gasteiger partial charge in [0.05, 0.1) is 12.5 Å². The lowest BCUT2D eigenvalue weighted by Gasteiger charge is -2.01. The average Bonchev–Trinajstić information content (AvgIpc) is 3.10. The van der Waals surface area contributed by atoms with Crippen molar-refractivity contribution in [3.8, 4) is 0 Å². The van der Waals surface area contributed by atoms with Crippen LogP contribution < -0.4 is 0 Å². The molecule has 1 aliphatic carbocycles. The zero-order valence-electron chi connectivity index (χ0n) is 9.89. The maximum atomic E-state index is 11.9. The number of esters is 1. The number of carbonyl (C=O) groups excluding carboxylic acids is 2. The summed E-state index contributed by atoms with van der Waals surface area (Å²) in [4.78, 5) is 23.3. The number of ketones is 1. The first-order valence-electron chi connectivity index (χ1n) is 5.95. The molecule has 17 heavy (non-hydrogen) atoms. The van der Waals surface area contributed by atoms with Gasteiger partial charge in [-0.05, 0) is 18.9 Å². The molecule has 0 unspecified atom stereocenters. The van der Waals surface area contributed by atoms with Crippen molar-refractivity contribution in [2.75, 3.05) is 6.61 Å². The Kier molecular flexibility index (Phi) is 3.57. The van der Waals surface area contributed by atoms with E-state index in [9.17, 15) is 9.59 Å². The molecular formula is C14H16O3. The Morgan fingerprint density at radius 1 is 1.24 bits per heavy atom. The highest BCUT2D eigenvalue weighted by Gasteiger charge is 2.48. The lowest BCUT2D eigenvalue weighted by atomic mass is 10.1. The number of Topliss-reactive ketones (excluding diaryl/α,β-unsaturated/α-hetero) is 1. The lowest BCUT2D eigenvalue weighted by molar-refractivity contribution is -0.145. The normalized spacial score (nSPS) is 21.9. The topological polar surface area (TPSA) is 43.4 Å². The first-order chi connectivity index (χ1) is 8.22. The third-order valence-electron chi connectivity index (χ3n) is 3.01. The summed E-state index contributed by atoms with van der Waals surface area (Å²) in [6.45, 7) is 2.16. The van der Waals surface area contributed by atoms with Gasteiger partial charge in [0, 0.05) is 12.3 Å². The molecule has 0 radical (unpaired) electrons. The first kappa shape index (κ1) is 11.8. The second kappa shape index (κ2) is 5.13. The SMILES string of the molecule is CCOC(=O)[C@@H]1C[C@H]1C(=O)Cc1ccccc1. The minimum Gasteiger partial charge on any atom is -0.466 e. The third-order valence-corrected chi connectivity index (χ3v) is 3.01. The van der Waals surface area contributed by atoms with Crippen molar-refractivity contribution < 1.29 is 14.3 Å². The van der Waals surface area contributed by atoms with E-state index in [4.69, 9.17) is 4.74 Å². The minimum atomic E-state index is -0.223. The summed E-state index contributed by atoms with van der Waals surface area (Å²) in [6.07, 6.45) is 1.08. The monoisotopic (exact) mass is 232 g/mol. The summed E-state index contributed by atoms with van der Waals surface area (Å²) in [5.41, 5.74) is 1.01. The van der Waals surface area contributed by atoms with Crippen LogP contribution in [-0.4, -0.2) is 18.4 Å². The molecule has 0 aromatic heterocycles. The van der Waals surface area contributed by atoms with Gasteiger partial charge in [-0.2, -0.15) is 0 Å². The van der Waals surface area contributed by atoms with E-state index in [1.165, 1.54) is 0 Å². The van der Waals surface area contributed by atoms with Crippen LogP contribution in [0.4, 0.5) is 0 Å². The van der Waals surface area contributed by atoms with Gasteiger partial charge in [0.2, 0.25) is 0 Å². The summed E-state index contributed by atoms with van der Waals surface area (Å²) < 4.78 is 4.91. The standard InChI is InChI=1S/C14H16O3/c1-2-17-14(16)12-9-11(12)13(15)8-10-6-4-3-5-7-10/h3-7,11-12H,2,8-9H2,1H3/t11-,12-/m1/s1. The molecule has 0 bridgehead atoms. The fourth-order valence-corrected chi connectivity index (χ4v) is 1.99. The third kappa shape index (κ3) is 2.93. The second-order valence-electron chi connectivity index (χ2n) is 4.33. The van der Waals surface area contributed by atoms with Crippen LogP contribution in [0, 0.1) is 11.8 Å². The Hall–Kier alpha value is -1.64. The molecule has 1 fully saturated rings. The highest BCUT2D eigenvalue weighted by Crippen LogP contribution is 2.40. The predicted molar refractivity (Wildman–Crippen MR) is 63.4 cm³/mol. The summed E-state index contributed by atoms with van der Waals surface area (Å²) in [7, 11) is 0. The van der Waals surface area contributed by atoms with E-state index in [-0.39, 0.29) is 23.6 Å². The van der Waals surface area contributed by atoms with Gasteiger partial charge in [0.25, 0.3) is 0 Å². The number of hydrogen-bond acceptors (Lipinski definition) is 3. The Labute approximate surface area is 101 Å². The van der Waals surface area contributed by atoms with E-state index in [1.807, 2.05) is 30.3 Å². The van der Waals surface area contributed by atoms with Crippen LogP contribution >= 0.6 is 0 Å². The van der Waals surface area contributed by atoms with Crippen molar-refractivity contribution >= 4 is 11.8 Å². The van der Waals surface area contributed by atoms with E-state index < -0.39 is 0 Å². The molecular weight excluding hydrogens is 216 g/mol. The second-order valence-corrected chi connectivity index (χ2v) is 4.33. The van der Waals surface area contributed by atoms with E-state index >= 15 is 0 Å². The van der Waals surface area contributed by atoms with Gasteiger partial charge in [-0.1, -0.05) is 30.3 Å². The van der Waals surface area contributed by atoms with Gasteiger partial charge in [-0.15, -0.1) is 0 Å². The summed E-state index contributed by atoms with van der Waals surface area (Å²) in [5.74, 6) is -0.381. The van der Waals surface area contributed by atoms with E-state index in [0.29, 0.717) is 19.4 Å². The van der Waals surface area contributed by atoms with E-state index in [1.54, 1.807) is 6.92 Å². The smallest absolute Gasteiger partial charge is 0.309 e. The number of ether oxygens (including phenoxy) is 1. The summed E-state index contributed by atoms with van der Waals surface area (Å²) in [5, 5.41) is 0. The maximum absolute atomic E-state index is 11.9. The van der Waals surface area contributed by atoms with Crippen LogP contribution in [0.5, 0.6) is 0 Å². The van der Waals surface area contributed by atoms with Gasteiger partial charge < -0.3 is 4.74 Å². The molecule has 3 heteroatoms. The van der Waals surface area contributed by atoms with Crippen molar-refractivity contribution in [2.45, 2.75) is 19.8 Å². The molecule has 1 saturated carbocycles. The van der Waals surface area contributed by atoms with Crippen LogP contribution in [-0.2, 0) is 20.7 Å². The molecule has 2 atom stereocenters. The Balaban J connectivity index is 1.85. The minimum absolute atomic E-state index is 0.116. The van der Waals surface area contributed by atoms with Gasteiger partial charge in [-0.3, -0.25) is 9.59 Å². The van der Waals surface area contributed by atoms with Gasteiger partial charge >= 0.3 is 5.97 Å². The number of rotatable bonds is 5. The Morgan fingerprint density at radius 3 is 2.59 bits per heavy atom. The van der Waals surface area contributed by atoms with Crippen LogP contribution in [0.2, 0.25) is 0 Å². The molecule has 1 aliphatic rings. The van der Waals surface area contributed by atoms with Crippen LogP contribution in [0.25, 0.3) is 0 Å². The lowest BCUT2D eigenvalue weighted by Crippen LogP contribution is -2.13. The highest BCUT2D eigenvalue weighted by molar-refractivity contribution is 5.92. The molecule has 1 aromatic rings. The van der Waals surface area contributed by atoms with Crippen molar-refractivity contribution in [3.63, 3.8) is 0 Å². The summed E-state index contributed by atoms with van der Waals surface area (Å²) >= 11 is 0. The molecule has 2 rings (SSSR count). The zero-order valence-corrected chi connectivity index (χ0v) is 9.89. The molecule has 0 aliphatic heterocycles. The maximum Gasteiger partial charge on any atom is 0.309 e. The quantitative estimate of drug-likeness (QED) is 0.729. The Morgan fingerprint density at radius 2 is 1.94 bits per heavy atom. The van der Waals surface area contributed by atoms with Crippen LogP contribution in [0.15, 0.2) is 30.3 Å². The van der Waals surface area contributed by atoms with Crippen LogP contribution in [0.3, 0.4) is 0 Å².